The van der Waals surface area contributed by atoms with E-state index in [4.69, 9.17) is 10.7 Å². The van der Waals surface area contributed by atoms with Crippen LogP contribution in [-0.2, 0) is 11.8 Å². The average Bonchev–Trinajstić information content (AvgIpc) is 3.70. The molecule has 3 aliphatic rings. The number of nitrogens with zero attached hydrogens (tertiary/aromatic N) is 2. The predicted molar refractivity (Wildman–Crippen MR) is 211 cm³/mol. The Bertz CT molecular complexity index is 2510. The first-order valence-electron chi connectivity index (χ1n) is 17.8. The number of fused-ring (bicyclic) bond motifs is 12. The maximum absolute atomic E-state index is 6.77. The molecule has 1 spiro atoms. The van der Waals surface area contributed by atoms with Gasteiger partial charge >= 0.3 is 0 Å². The summed E-state index contributed by atoms with van der Waals surface area (Å²) in [6, 6.07) is 51.8. The van der Waals surface area contributed by atoms with E-state index >= 15 is 0 Å². The predicted octanol–water partition coefficient (Wildman–Crippen LogP) is 10.7. The summed E-state index contributed by atoms with van der Waals surface area (Å²) in [6.45, 7) is 0. The monoisotopic (exact) mass is 656 g/mol. The molecule has 0 radical (unpaired) electrons. The molecule has 0 amide bonds. The first kappa shape index (κ1) is 29.7. The van der Waals surface area contributed by atoms with Crippen molar-refractivity contribution >= 4 is 40.4 Å². The van der Waals surface area contributed by atoms with Gasteiger partial charge in [-0.3, -0.25) is 0 Å². The number of hydrogen-bond donors (Lipinski definition) is 2. The maximum Gasteiger partial charge on any atom is 0.100 e. The molecule has 0 saturated heterocycles. The molecule has 2 heterocycles. The van der Waals surface area contributed by atoms with Crippen LogP contribution in [0, 0.1) is 0 Å². The summed E-state index contributed by atoms with van der Waals surface area (Å²) in [6.07, 6.45) is 10.7. The highest BCUT2D eigenvalue weighted by molar-refractivity contribution is 6.03. The number of nitrogens with one attached hydrogen (secondary N) is 1. The molecule has 4 nitrogen and oxygen atoms in total. The molecular formula is C47H36N4. The van der Waals surface area contributed by atoms with Gasteiger partial charge in [0, 0.05) is 16.6 Å². The Hall–Kier alpha value is -6.23. The summed E-state index contributed by atoms with van der Waals surface area (Å²) in [7, 11) is 0. The Morgan fingerprint density at radius 1 is 0.706 bits per heavy atom. The lowest BCUT2D eigenvalue weighted by Crippen LogP contribution is -2.37. The smallest absolute Gasteiger partial charge is 0.100 e. The van der Waals surface area contributed by atoms with Gasteiger partial charge in [0.1, 0.15) is 6.34 Å². The van der Waals surface area contributed by atoms with Crippen molar-refractivity contribution in [3.05, 3.63) is 202 Å². The third-order valence-electron chi connectivity index (χ3n) is 11.0. The first-order chi connectivity index (χ1) is 25.2. The van der Waals surface area contributed by atoms with Crippen molar-refractivity contribution in [2.75, 3.05) is 4.90 Å². The molecule has 51 heavy (non-hydrogen) atoms. The fraction of sp³-hybridized carbons (Fsp3) is 0.0851. The van der Waals surface area contributed by atoms with E-state index in [1.807, 2.05) is 42.7 Å². The van der Waals surface area contributed by atoms with Crippen LogP contribution in [0.15, 0.2) is 163 Å². The van der Waals surface area contributed by atoms with E-state index in [0.717, 1.165) is 41.0 Å². The van der Waals surface area contributed by atoms with Gasteiger partial charge in [0.15, 0.2) is 0 Å². The van der Waals surface area contributed by atoms with E-state index in [1.165, 1.54) is 55.5 Å². The van der Waals surface area contributed by atoms with Crippen LogP contribution in [0.1, 0.15) is 57.1 Å². The zero-order valence-corrected chi connectivity index (χ0v) is 28.1. The minimum Gasteiger partial charge on any atom is -0.355 e. The van der Waals surface area contributed by atoms with Crippen LogP contribution in [-0.4, -0.2) is 11.3 Å². The van der Waals surface area contributed by atoms with Crippen molar-refractivity contribution in [1.82, 2.24) is 4.98 Å². The number of aromatic nitrogens is 1. The van der Waals surface area contributed by atoms with Gasteiger partial charge in [0.25, 0.3) is 0 Å². The highest BCUT2D eigenvalue weighted by Crippen LogP contribution is 2.62. The van der Waals surface area contributed by atoms with Gasteiger partial charge in [-0.15, -0.1) is 0 Å². The summed E-state index contributed by atoms with van der Waals surface area (Å²) < 4.78 is 0. The second kappa shape index (κ2) is 11.7. The molecule has 1 aromatic heterocycles. The first-order valence-corrected chi connectivity index (χ1v) is 17.8. The van der Waals surface area contributed by atoms with Crippen molar-refractivity contribution in [2.45, 2.75) is 24.3 Å². The van der Waals surface area contributed by atoms with E-state index in [1.54, 1.807) is 0 Å². The van der Waals surface area contributed by atoms with Gasteiger partial charge in [-0.05, 0) is 99.3 Å². The number of hydrogen-bond acceptors (Lipinski definition) is 2. The highest BCUT2D eigenvalue weighted by atomic mass is 15.2. The van der Waals surface area contributed by atoms with Crippen LogP contribution < -0.4 is 10.6 Å². The fourth-order valence-corrected chi connectivity index (χ4v) is 8.75. The SMILES string of the molecule is NC(/C=C(\N=C\N1c2ccccc2C2(c3ccccc3-c3cc4[nH]c5c(c4cc32)CCC=C5)c2ccccc21)c1ccccc1)c1ccccc1. The average molecular weight is 657 g/mol. The Labute approximate surface area is 297 Å². The lowest BCUT2D eigenvalue weighted by atomic mass is 9.64. The van der Waals surface area contributed by atoms with Gasteiger partial charge in [0.05, 0.1) is 28.5 Å². The normalized spacial score (nSPS) is 15.8. The zero-order chi connectivity index (χ0) is 33.9. The molecule has 1 atom stereocenters. The van der Waals surface area contributed by atoms with Crippen molar-refractivity contribution in [1.29, 1.82) is 0 Å². The second-order valence-electron chi connectivity index (χ2n) is 13.7. The van der Waals surface area contributed by atoms with Gasteiger partial charge in [-0.2, -0.15) is 0 Å². The van der Waals surface area contributed by atoms with Crippen molar-refractivity contribution in [2.24, 2.45) is 10.7 Å². The Morgan fingerprint density at radius 2 is 1.35 bits per heavy atom. The maximum atomic E-state index is 6.77. The van der Waals surface area contributed by atoms with Gasteiger partial charge in [0.2, 0.25) is 0 Å². The van der Waals surface area contributed by atoms with Crippen LogP contribution in [0.25, 0.3) is 33.8 Å². The van der Waals surface area contributed by atoms with Crippen molar-refractivity contribution < 1.29 is 0 Å². The number of nitrogens with two attached hydrogens (primary N) is 1. The van der Waals surface area contributed by atoms with E-state index in [-0.39, 0.29) is 6.04 Å². The molecule has 0 saturated carbocycles. The molecule has 3 N–H and O–H groups in total. The Morgan fingerprint density at radius 3 is 2.10 bits per heavy atom. The number of H-pyrrole nitrogens is 1. The van der Waals surface area contributed by atoms with Crippen LogP contribution >= 0.6 is 0 Å². The number of para-hydroxylation sites is 2. The number of benzene rings is 6. The van der Waals surface area contributed by atoms with Gasteiger partial charge < -0.3 is 15.6 Å². The molecule has 6 aromatic carbocycles. The molecule has 2 aliphatic carbocycles. The lowest BCUT2D eigenvalue weighted by molar-refractivity contribution is 0.756. The zero-order valence-electron chi connectivity index (χ0n) is 28.1. The third kappa shape index (κ3) is 4.47. The third-order valence-corrected chi connectivity index (χ3v) is 11.0. The summed E-state index contributed by atoms with van der Waals surface area (Å²) in [5, 5.41) is 1.33. The number of aromatic amines is 1. The summed E-state index contributed by atoms with van der Waals surface area (Å²) in [5.74, 6) is 0. The molecule has 1 aliphatic heterocycles. The van der Waals surface area contributed by atoms with Crippen molar-refractivity contribution in [3.63, 3.8) is 0 Å². The van der Waals surface area contributed by atoms with Crippen LogP contribution in [0.4, 0.5) is 11.4 Å². The molecule has 10 rings (SSSR count). The largest absolute Gasteiger partial charge is 0.355 e. The van der Waals surface area contributed by atoms with Crippen molar-refractivity contribution in [3.8, 4) is 11.1 Å². The van der Waals surface area contributed by atoms with Gasteiger partial charge in [-0.1, -0.05) is 127 Å². The topological polar surface area (TPSA) is 57.4 Å². The van der Waals surface area contributed by atoms with E-state index in [2.05, 4.69) is 137 Å². The molecule has 0 bridgehead atoms. The van der Waals surface area contributed by atoms with E-state index in [9.17, 15) is 0 Å². The second-order valence-corrected chi connectivity index (χ2v) is 13.7. The molecule has 1 unspecified atom stereocenters. The van der Waals surface area contributed by atoms with Gasteiger partial charge in [-0.25, -0.2) is 4.99 Å². The minimum atomic E-state index is -0.500. The quantitative estimate of drug-likeness (QED) is 0.143. The van der Waals surface area contributed by atoms with Crippen LogP contribution in [0.3, 0.4) is 0 Å². The van der Waals surface area contributed by atoms with E-state index < -0.39 is 5.41 Å². The number of aliphatic imine (C=N–C) groups is 1. The molecular weight excluding hydrogens is 621 g/mol. The van der Waals surface area contributed by atoms with Crippen LogP contribution in [0.2, 0.25) is 0 Å². The number of aryl methyl sites for hydroxylation is 1. The molecule has 244 valence electrons. The Kier molecular flexibility index (Phi) is 6.80. The fourth-order valence-electron chi connectivity index (χ4n) is 8.75. The van der Waals surface area contributed by atoms with E-state index in [0.29, 0.717) is 0 Å². The number of allylic oxidation sites excluding steroid dienone is 1. The summed E-state index contributed by atoms with van der Waals surface area (Å²) in [5.41, 5.74) is 23.0. The summed E-state index contributed by atoms with van der Waals surface area (Å²) >= 11 is 0. The molecule has 7 aromatic rings. The number of rotatable bonds is 5. The standard InChI is InChI=1S/C47H36N4/c48-41(31-15-3-1-4-16-31)29-43(32-17-5-2-6-18-32)49-30-51-45-25-13-10-22-38(45)47(39-23-11-14-26-46(39)51)37-21-9-7-19-33(37)35-28-44-36(27-40(35)47)34-20-8-12-24-42(34)50-44/h1-7,9-19,21-30,41,50H,8,20,48H2/b43-29-,49-30+. The molecule has 0 fully saturated rings. The van der Waals surface area contributed by atoms with Crippen LogP contribution in [0.5, 0.6) is 0 Å². The Balaban J connectivity index is 1.19. The number of anilines is 2. The highest BCUT2D eigenvalue weighted by Gasteiger charge is 2.51. The molecule has 4 heteroatoms. The summed E-state index contributed by atoms with van der Waals surface area (Å²) in [4.78, 5) is 11.3. The lowest BCUT2D eigenvalue weighted by Gasteiger charge is -2.43. The minimum absolute atomic E-state index is 0.305.